The molecule has 22 heavy (non-hydrogen) atoms. The van der Waals surface area contributed by atoms with Crippen molar-refractivity contribution >= 4 is 18.1 Å². The van der Waals surface area contributed by atoms with Crippen LogP contribution in [0.25, 0.3) is 6.08 Å². The molecule has 5 nitrogen and oxygen atoms in total. The molecule has 0 saturated heterocycles. The molecule has 1 amide bonds. The van der Waals surface area contributed by atoms with Crippen molar-refractivity contribution in [1.29, 1.82) is 0 Å². The first-order valence-electron chi connectivity index (χ1n) is 6.94. The number of amides is 1. The Morgan fingerprint density at radius 2 is 1.91 bits per heavy atom. The van der Waals surface area contributed by atoms with Crippen LogP contribution in [0.15, 0.2) is 42.0 Å². The molecule has 0 spiro atoms. The molecule has 1 aromatic carbocycles. The zero-order valence-corrected chi connectivity index (χ0v) is 12.8. The molecule has 2 atom stereocenters. The van der Waals surface area contributed by atoms with Gasteiger partial charge in [0.15, 0.2) is 0 Å². The van der Waals surface area contributed by atoms with E-state index in [4.69, 9.17) is 4.74 Å². The Hall–Kier alpha value is -2.56. The quantitative estimate of drug-likeness (QED) is 0.688. The summed E-state index contributed by atoms with van der Waals surface area (Å²) >= 11 is 0. The molecule has 1 N–H and O–H groups in total. The molecular weight excluding hydrogens is 282 g/mol. The minimum atomic E-state index is -0.508. The van der Waals surface area contributed by atoms with Gasteiger partial charge in [0.2, 0.25) is 0 Å². The fourth-order valence-corrected chi connectivity index (χ4v) is 2.57. The van der Waals surface area contributed by atoms with E-state index in [-0.39, 0.29) is 12.0 Å². The van der Waals surface area contributed by atoms with E-state index >= 15 is 0 Å². The fourth-order valence-electron chi connectivity index (χ4n) is 2.57. The molecule has 1 aromatic rings. The van der Waals surface area contributed by atoms with Crippen molar-refractivity contribution < 1.29 is 19.1 Å². The van der Waals surface area contributed by atoms with Crippen molar-refractivity contribution in [1.82, 2.24) is 5.32 Å². The normalized spacial score (nSPS) is 20.0. The van der Waals surface area contributed by atoms with Crippen LogP contribution in [-0.2, 0) is 14.3 Å². The van der Waals surface area contributed by atoms with Gasteiger partial charge in [0.1, 0.15) is 0 Å². The maximum Gasteiger partial charge on any atom is 0.407 e. The average molecular weight is 301 g/mol. The van der Waals surface area contributed by atoms with Gasteiger partial charge in [-0.2, -0.15) is 0 Å². The summed E-state index contributed by atoms with van der Waals surface area (Å²) < 4.78 is 9.38. The first-order valence-corrected chi connectivity index (χ1v) is 6.94. The van der Waals surface area contributed by atoms with E-state index in [1.54, 1.807) is 0 Å². The van der Waals surface area contributed by atoms with Crippen LogP contribution < -0.4 is 5.32 Å². The zero-order chi connectivity index (χ0) is 16.1. The summed E-state index contributed by atoms with van der Waals surface area (Å²) in [5, 5.41) is 2.84. The van der Waals surface area contributed by atoms with E-state index in [2.05, 4.69) is 10.1 Å². The van der Waals surface area contributed by atoms with Crippen molar-refractivity contribution in [2.45, 2.75) is 13.0 Å². The molecule has 1 aliphatic carbocycles. The molecule has 0 fully saturated rings. The van der Waals surface area contributed by atoms with Gasteiger partial charge in [0.25, 0.3) is 0 Å². The van der Waals surface area contributed by atoms with Gasteiger partial charge in [-0.15, -0.1) is 0 Å². The van der Waals surface area contributed by atoms with E-state index in [1.165, 1.54) is 20.3 Å². The van der Waals surface area contributed by atoms with Crippen molar-refractivity contribution in [2.24, 2.45) is 5.92 Å². The molecule has 0 aromatic heterocycles. The summed E-state index contributed by atoms with van der Waals surface area (Å²) in [7, 11) is 2.66. The van der Waals surface area contributed by atoms with Gasteiger partial charge in [-0.25, -0.2) is 9.59 Å². The van der Waals surface area contributed by atoms with Gasteiger partial charge in [-0.1, -0.05) is 42.0 Å². The zero-order valence-electron chi connectivity index (χ0n) is 12.8. The molecule has 5 heteroatoms. The number of nitrogens with one attached hydrogen (secondary N) is 1. The van der Waals surface area contributed by atoms with E-state index < -0.39 is 12.1 Å². The largest absolute Gasteiger partial charge is 0.466 e. The Morgan fingerprint density at radius 1 is 1.18 bits per heavy atom. The standard InChI is InChI=1S/C17H19NO4/c1-11(10-15(19)21-2)13-9-8-12-6-4-5-7-14(12)16(13)18-17(20)22-3/h4-10,13,16H,1-3H3,(H,18,20)/b11-10+/t13-,16+/m0/s1. The molecule has 0 radical (unpaired) electrons. The lowest BCUT2D eigenvalue weighted by Gasteiger charge is -2.30. The van der Waals surface area contributed by atoms with Crippen molar-refractivity contribution in [3.63, 3.8) is 0 Å². The number of carbonyl (C=O) groups is 2. The van der Waals surface area contributed by atoms with Gasteiger partial charge < -0.3 is 14.8 Å². The van der Waals surface area contributed by atoms with Gasteiger partial charge in [0, 0.05) is 12.0 Å². The average Bonchev–Trinajstić information content (AvgIpc) is 2.54. The highest BCUT2D eigenvalue weighted by atomic mass is 16.5. The predicted molar refractivity (Wildman–Crippen MR) is 83.0 cm³/mol. The number of esters is 1. The number of fused-ring (bicyclic) bond motifs is 1. The topological polar surface area (TPSA) is 64.6 Å². The van der Waals surface area contributed by atoms with Gasteiger partial charge in [-0.3, -0.25) is 0 Å². The van der Waals surface area contributed by atoms with Crippen molar-refractivity contribution in [2.75, 3.05) is 14.2 Å². The van der Waals surface area contributed by atoms with Crippen molar-refractivity contribution in [3.05, 3.63) is 53.1 Å². The Bertz CT molecular complexity index is 633. The number of benzene rings is 1. The first-order chi connectivity index (χ1) is 10.6. The molecule has 0 heterocycles. The highest BCUT2D eigenvalue weighted by molar-refractivity contribution is 5.83. The van der Waals surface area contributed by atoms with Crippen LogP contribution in [0.4, 0.5) is 4.79 Å². The molecule has 0 saturated carbocycles. The number of hydrogen-bond acceptors (Lipinski definition) is 4. The third-order valence-corrected chi connectivity index (χ3v) is 3.70. The lowest BCUT2D eigenvalue weighted by Crippen LogP contribution is -2.35. The molecule has 0 aliphatic heterocycles. The first kappa shape index (κ1) is 15.8. The predicted octanol–water partition coefficient (Wildman–Crippen LogP) is 2.85. The van der Waals surface area contributed by atoms with Crippen LogP contribution in [-0.4, -0.2) is 26.3 Å². The van der Waals surface area contributed by atoms with E-state index in [0.717, 1.165) is 16.7 Å². The maximum atomic E-state index is 11.7. The summed E-state index contributed by atoms with van der Waals surface area (Å²) in [6, 6.07) is 7.50. The Morgan fingerprint density at radius 3 is 2.59 bits per heavy atom. The van der Waals surface area contributed by atoms with Crippen LogP contribution >= 0.6 is 0 Å². The number of methoxy groups -OCH3 is 2. The number of alkyl carbamates (subject to hydrolysis) is 1. The summed E-state index contributed by atoms with van der Waals surface area (Å²) in [6.07, 6.45) is 4.89. The Labute approximate surface area is 129 Å². The van der Waals surface area contributed by atoms with Gasteiger partial charge in [0.05, 0.1) is 20.3 Å². The third-order valence-electron chi connectivity index (χ3n) is 3.70. The van der Waals surface area contributed by atoms with Crippen LogP contribution in [0.3, 0.4) is 0 Å². The second-order valence-corrected chi connectivity index (χ2v) is 5.04. The fraction of sp³-hybridized carbons (Fsp3) is 0.294. The molecule has 0 unspecified atom stereocenters. The van der Waals surface area contributed by atoms with Gasteiger partial charge >= 0.3 is 12.1 Å². The summed E-state index contributed by atoms with van der Waals surface area (Å²) in [4.78, 5) is 23.1. The van der Waals surface area contributed by atoms with Gasteiger partial charge in [-0.05, 0) is 18.1 Å². The molecule has 116 valence electrons. The smallest absolute Gasteiger partial charge is 0.407 e. The van der Waals surface area contributed by atoms with Crippen LogP contribution in [0.2, 0.25) is 0 Å². The highest BCUT2D eigenvalue weighted by Gasteiger charge is 2.29. The van der Waals surface area contributed by atoms with Crippen LogP contribution in [0.5, 0.6) is 0 Å². The monoisotopic (exact) mass is 301 g/mol. The minimum Gasteiger partial charge on any atom is -0.466 e. The SMILES string of the molecule is COC(=O)/C=C(\C)[C@@H]1C=Cc2ccccc2[C@@H]1NC(=O)OC. The molecule has 2 rings (SSSR count). The molecule has 1 aliphatic rings. The second-order valence-electron chi connectivity index (χ2n) is 5.04. The summed E-state index contributed by atoms with van der Waals surface area (Å²) in [5.41, 5.74) is 2.82. The number of carbonyl (C=O) groups excluding carboxylic acids is 2. The number of ether oxygens (including phenoxy) is 2. The lowest BCUT2D eigenvalue weighted by molar-refractivity contribution is -0.134. The Kier molecular flexibility index (Phi) is 4.99. The van der Waals surface area contributed by atoms with E-state index in [1.807, 2.05) is 43.3 Å². The summed E-state index contributed by atoms with van der Waals surface area (Å²) in [6.45, 7) is 1.84. The molecule has 0 bridgehead atoms. The number of rotatable bonds is 3. The van der Waals surface area contributed by atoms with Crippen LogP contribution in [0.1, 0.15) is 24.1 Å². The highest BCUT2D eigenvalue weighted by Crippen LogP contribution is 2.36. The third kappa shape index (κ3) is 3.36. The molecular formula is C17H19NO4. The van der Waals surface area contributed by atoms with E-state index in [0.29, 0.717) is 0 Å². The Balaban J connectivity index is 2.38. The van der Waals surface area contributed by atoms with Crippen molar-refractivity contribution in [3.8, 4) is 0 Å². The maximum absolute atomic E-state index is 11.7. The lowest BCUT2D eigenvalue weighted by atomic mass is 9.81. The minimum absolute atomic E-state index is 0.145. The van der Waals surface area contributed by atoms with E-state index in [9.17, 15) is 9.59 Å². The second kappa shape index (κ2) is 6.93. The number of hydrogen-bond donors (Lipinski definition) is 1. The summed E-state index contributed by atoms with van der Waals surface area (Å²) in [5.74, 6) is -0.560. The van der Waals surface area contributed by atoms with Crippen LogP contribution in [0, 0.1) is 5.92 Å².